The molecule has 2 amide bonds. The van der Waals surface area contributed by atoms with E-state index in [2.05, 4.69) is 5.10 Å². The molecule has 1 aliphatic heterocycles. The van der Waals surface area contributed by atoms with E-state index in [0.29, 0.717) is 42.2 Å². The third-order valence-corrected chi connectivity index (χ3v) is 7.92. The van der Waals surface area contributed by atoms with Crippen LogP contribution in [-0.2, 0) is 6.54 Å². The summed E-state index contributed by atoms with van der Waals surface area (Å²) >= 11 is 0. The van der Waals surface area contributed by atoms with Crippen LogP contribution >= 0.6 is 0 Å². The summed E-state index contributed by atoms with van der Waals surface area (Å²) < 4.78 is 44.7. The highest BCUT2D eigenvalue weighted by Gasteiger charge is 2.28. The first-order chi connectivity index (χ1) is 20.0. The van der Waals surface area contributed by atoms with Gasteiger partial charge in [0.15, 0.2) is 0 Å². The summed E-state index contributed by atoms with van der Waals surface area (Å²) in [4.78, 5) is 27.4. The van der Waals surface area contributed by atoms with Gasteiger partial charge in [0.1, 0.15) is 12.3 Å². The summed E-state index contributed by atoms with van der Waals surface area (Å²) in [5.41, 5.74) is 5.37. The molecule has 10 heteroatoms. The fourth-order valence-electron chi connectivity index (χ4n) is 5.54. The number of carbonyl (C=O) groups is 2. The van der Waals surface area contributed by atoms with Crippen molar-refractivity contribution in [3.8, 4) is 16.9 Å². The Morgan fingerprint density at radius 2 is 1.74 bits per heavy atom. The van der Waals surface area contributed by atoms with Crippen LogP contribution in [0.1, 0.15) is 44.7 Å². The molecule has 1 N–H and O–H groups in total. The van der Waals surface area contributed by atoms with E-state index in [4.69, 9.17) is 4.74 Å². The third-order valence-electron chi connectivity index (χ3n) is 7.92. The lowest BCUT2D eigenvalue weighted by Gasteiger charge is -2.32. The first-order valence-corrected chi connectivity index (χ1v) is 13.9. The van der Waals surface area contributed by atoms with Gasteiger partial charge in [0.2, 0.25) is 0 Å². The van der Waals surface area contributed by atoms with E-state index in [0.717, 1.165) is 40.7 Å². The molecule has 0 spiro atoms. The highest BCUT2D eigenvalue weighted by atomic mass is 19.4. The minimum absolute atomic E-state index is 0.0169. The molecule has 7 nitrogen and oxygen atoms in total. The lowest BCUT2D eigenvalue weighted by atomic mass is 9.95. The quantitative estimate of drug-likeness (QED) is 0.285. The van der Waals surface area contributed by atoms with Crippen LogP contribution in [0.2, 0.25) is 0 Å². The number of benzene rings is 3. The van der Waals surface area contributed by atoms with Crippen molar-refractivity contribution in [2.75, 3.05) is 26.7 Å². The van der Waals surface area contributed by atoms with Gasteiger partial charge in [-0.3, -0.25) is 14.3 Å². The van der Waals surface area contributed by atoms with Gasteiger partial charge in [0.05, 0.1) is 12.6 Å². The molecule has 1 aliphatic rings. The minimum atomic E-state index is -4.47. The lowest BCUT2D eigenvalue weighted by molar-refractivity contribution is -0.123. The van der Waals surface area contributed by atoms with Gasteiger partial charge in [-0.2, -0.15) is 18.3 Å². The number of methoxy groups -OCH3 is 1. The molecule has 42 heavy (non-hydrogen) atoms. The van der Waals surface area contributed by atoms with Crippen LogP contribution in [0, 0.1) is 19.8 Å². The molecule has 1 saturated heterocycles. The third kappa shape index (κ3) is 6.42. The fourth-order valence-corrected chi connectivity index (χ4v) is 5.54. The first kappa shape index (κ1) is 29.2. The number of amides is 2. The number of ether oxygens (including phenoxy) is 1. The molecule has 0 atom stereocenters. The normalized spacial score (nSPS) is 14.3. The molecule has 4 aromatic rings. The number of carbonyl (C=O) groups excluding carboxylic acids is 2. The van der Waals surface area contributed by atoms with Gasteiger partial charge in [0.25, 0.3) is 11.8 Å². The van der Waals surface area contributed by atoms with E-state index in [-0.39, 0.29) is 11.5 Å². The van der Waals surface area contributed by atoms with E-state index in [1.165, 1.54) is 6.07 Å². The molecular weight excluding hydrogens is 545 g/mol. The number of aryl methyl sites for hydroxylation is 2. The Bertz CT molecular complexity index is 1600. The Kier molecular flexibility index (Phi) is 8.24. The maximum atomic E-state index is 13.2. The summed E-state index contributed by atoms with van der Waals surface area (Å²) in [5, 5.41) is 7.28. The predicted octanol–water partition coefficient (Wildman–Crippen LogP) is 6.17. The average Bonchev–Trinajstić information content (AvgIpc) is 3.39. The Labute approximate surface area is 242 Å². The van der Waals surface area contributed by atoms with Crippen molar-refractivity contribution < 1.29 is 27.5 Å². The molecule has 0 saturated carbocycles. The Morgan fingerprint density at radius 1 is 1.02 bits per heavy atom. The van der Waals surface area contributed by atoms with Crippen LogP contribution in [0.4, 0.5) is 13.2 Å². The number of nitrogens with one attached hydrogen (secondary N) is 1. The summed E-state index contributed by atoms with van der Waals surface area (Å²) in [6.07, 6.45) is -0.973. The maximum Gasteiger partial charge on any atom is 0.405 e. The van der Waals surface area contributed by atoms with E-state index in [1.54, 1.807) is 20.1 Å². The van der Waals surface area contributed by atoms with Crippen molar-refractivity contribution in [2.24, 2.45) is 5.92 Å². The van der Waals surface area contributed by atoms with Gasteiger partial charge in [0, 0.05) is 42.3 Å². The Hall–Kier alpha value is -4.34. The van der Waals surface area contributed by atoms with Gasteiger partial charge >= 0.3 is 6.18 Å². The van der Waals surface area contributed by atoms with Crippen molar-refractivity contribution in [3.63, 3.8) is 0 Å². The summed E-state index contributed by atoms with van der Waals surface area (Å²) in [6.45, 7) is 4.32. The number of rotatable bonds is 7. The SMILES string of the molecule is COc1ccc(-c2ccc(C(=O)N3CCC(Cn4cc5c(C)c(C(=O)NCC(F)(F)F)ccc5n4)CC3)cc2)c(C)c1. The molecule has 1 aromatic heterocycles. The van der Waals surface area contributed by atoms with Crippen LogP contribution < -0.4 is 10.1 Å². The van der Waals surface area contributed by atoms with E-state index >= 15 is 0 Å². The molecule has 0 unspecified atom stereocenters. The Balaban J connectivity index is 1.18. The van der Waals surface area contributed by atoms with Gasteiger partial charge in [-0.15, -0.1) is 0 Å². The fraction of sp³-hybridized carbons (Fsp3) is 0.344. The second-order valence-electron chi connectivity index (χ2n) is 10.8. The Morgan fingerprint density at radius 3 is 2.38 bits per heavy atom. The highest BCUT2D eigenvalue weighted by Crippen LogP contribution is 2.28. The average molecular weight is 579 g/mol. The molecule has 0 aliphatic carbocycles. The molecule has 220 valence electrons. The van der Waals surface area contributed by atoms with Gasteiger partial charge < -0.3 is 15.0 Å². The lowest BCUT2D eigenvalue weighted by Crippen LogP contribution is -2.39. The molecule has 2 heterocycles. The standard InChI is InChI=1S/C32H33F3N4O3/c1-20-16-25(42-3)8-9-26(20)23-4-6-24(7-5-23)31(41)38-14-12-22(13-15-38)17-39-18-28-21(2)27(10-11-29(28)37-39)30(40)36-19-32(33,34)35/h4-11,16,18,22H,12-15,17,19H2,1-3H3,(H,36,40). The topological polar surface area (TPSA) is 76.5 Å². The number of hydrogen-bond acceptors (Lipinski definition) is 4. The minimum Gasteiger partial charge on any atom is -0.497 e. The van der Waals surface area contributed by atoms with E-state index in [1.807, 2.05) is 70.5 Å². The van der Waals surface area contributed by atoms with Crippen molar-refractivity contribution in [1.29, 1.82) is 0 Å². The van der Waals surface area contributed by atoms with Crippen LogP contribution in [0.15, 0.2) is 60.8 Å². The van der Waals surface area contributed by atoms with Crippen molar-refractivity contribution >= 4 is 22.7 Å². The summed E-state index contributed by atoms with van der Waals surface area (Å²) in [7, 11) is 1.64. The van der Waals surface area contributed by atoms with Crippen LogP contribution in [0.25, 0.3) is 22.0 Å². The number of fused-ring (bicyclic) bond motifs is 1. The molecule has 0 radical (unpaired) electrons. The van der Waals surface area contributed by atoms with Gasteiger partial charge in [-0.25, -0.2) is 0 Å². The number of likely N-dealkylation sites (tertiary alicyclic amines) is 1. The second-order valence-corrected chi connectivity index (χ2v) is 10.8. The zero-order valence-electron chi connectivity index (χ0n) is 23.8. The number of halogens is 3. The molecule has 0 bridgehead atoms. The highest BCUT2D eigenvalue weighted by molar-refractivity contribution is 6.00. The second kappa shape index (κ2) is 11.9. The summed E-state index contributed by atoms with van der Waals surface area (Å²) in [5.74, 6) is 0.382. The van der Waals surface area contributed by atoms with Crippen molar-refractivity contribution in [1.82, 2.24) is 20.0 Å². The number of piperidine rings is 1. The number of alkyl halides is 3. The molecule has 1 fully saturated rings. The number of aromatic nitrogens is 2. The largest absolute Gasteiger partial charge is 0.497 e. The van der Waals surface area contributed by atoms with Crippen LogP contribution in [0.3, 0.4) is 0 Å². The first-order valence-electron chi connectivity index (χ1n) is 13.9. The van der Waals surface area contributed by atoms with Gasteiger partial charge in [-0.05, 0) is 91.3 Å². The predicted molar refractivity (Wildman–Crippen MR) is 155 cm³/mol. The smallest absolute Gasteiger partial charge is 0.405 e. The van der Waals surface area contributed by atoms with E-state index in [9.17, 15) is 22.8 Å². The molecule has 3 aromatic carbocycles. The van der Waals surface area contributed by atoms with Crippen molar-refractivity contribution in [2.45, 2.75) is 39.4 Å². The van der Waals surface area contributed by atoms with Gasteiger partial charge in [-0.1, -0.05) is 18.2 Å². The zero-order valence-corrected chi connectivity index (χ0v) is 23.8. The number of hydrogen-bond donors (Lipinski definition) is 1. The van der Waals surface area contributed by atoms with E-state index < -0.39 is 18.6 Å². The van der Waals surface area contributed by atoms with Crippen LogP contribution in [-0.4, -0.2) is 59.4 Å². The monoisotopic (exact) mass is 578 g/mol. The molecular formula is C32H33F3N4O3. The number of nitrogens with zero attached hydrogens (tertiary/aromatic N) is 3. The summed E-state index contributed by atoms with van der Waals surface area (Å²) in [6, 6.07) is 16.8. The van der Waals surface area contributed by atoms with Crippen molar-refractivity contribution in [3.05, 3.63) is 83.0 Å². The zero-order chi connectivity index (χ0) is 30.0. The maximum absolute atomic E-state index is 13.2. The van der Waals surface area contributed by atoms with Crippen LogP contribution in [0.5, 0.6) is 5.75 Å². The molecule has 5 rings (SSSR count).